The summed E-state index contributed by atoms with van der Waals surface area (Å²) in [4.78, 5) is 16.4. The zero-order valence-corrected chi connectivity index (χ0v) is 12.5. The van der Waals surface area contributed by atoms with Crippen molar-refractivity contribution in [3.05, 3.63) is 29.8 Å². The molecule has 1 aromatic carbocycles. The van der Waals surface area contributed by atoms with Crippen LogP contribution >= 0.6 is 0 Å². The van der Waals surface area contributed by atoms with Gasteiger partial charge >= 0.3 is 0 Å². The maximum absolute atomic E-state index is 12.1. The van der Waals surface area contributed by atoms with Gasteiger partial charge in [-0.2, -0.15) is 0 Å². The zero-order chi connectivity index (χ0) is 14.4. The molecule has 4 nitrogen and oxygen atoms in total. The van der Waals surface area contributed by atoms with Gasteiger partial charge in [0.05, 0.1) is 0 Å². The molecule has 0 aliphatic carbocycles. The Kier molecular flexibility index (Phi) is 5.41. The summed E-state index contributed by atoms with van der Waals surface area (Å²) in [6.45, 7) is 9.00. The van der Waals surface area contributed by atoms with Crippen molar-refractivity contribution in [1.82, 2.24) is 9.80 Å². The molecular formula is C16H24N2O2. The second-order valence-electron chi connectivity index (χ2n) is 5.06. The van der Waals surface area contributed by atoms with Crippen LogP contribution in [-0.4, -0.2) is 55.0 Å². The number of rotatable bonds is 5. The smallest absolute Gasteiger partial charge is 0.260 e. The Morgan fingerprint density at radius 1 is 1.15 bits per heavy atom. The predicted octanol–water partition coefficient (Wildman–Crippen LogP) is 1.79. The largest absolute Gasteiger partial charge is 0.483 e. The maximum Gasteiger partial charge on any atom is 0.260 e. The average Bonchev–Trinajstić information content (AvgIpc) is 2.53. The van der Waals surface area contributed by atoms with Gasteiger partial charge in [0.15, 0.2) is 6.61 Å². The van der Waals surface area contributed by atoms with E-state index >= 15 is 0 Å². The van der Waals surface area contributed by atoms with Crippen LogP contribution in [0.4, 0.5) is 0 Å². The number of aryl methyl sites for hydroxylation is 1. The van der Waals surface area contributed by atoms with E-state index in [0.717, 1.165) is 50.5 Å². The summed E-state index contributed by atoms with van der Waals surface area (Å²) in [5.41, 5.74) is 1.15. The molecule has 0 spiro atoms. The average molecular weight is 276 g/mol. The predicted molar refractivity (Wildman–Crippen MR) is 80.0 cm³/mol. The fourth-order valence-corrected chi connectivity index (χ4v) is 2.48. The molecule has 4 heteroatoms. The van der Waals surface area contributed by atoms with Crippen molar-refractivity contribution in [2.24, 2.45) is 0 Å². The van der Waals surface area contributed by atoms with Crippen LogP contribution in [0.15, 0.2) is 24.3 Å². The van der Waals surface area contributed by atoms with E-state index in [1.165, 1.54) is 0 Å². The van der Waals surface area contributed by atoms with E-state index in [0.29, 0.717) is 0 Å². The van der Waals surface area contributed by atoms with E-state index in [9.17, 15) is 4.79 Å². The molecule has 1 aliphatic heterocycles. The Morgan fingerprint density at radius 3 is 2.50 bits per heavy atom. The van der Waals surface area contributed by atoms with Crippen molar-refractivity contribution in [1.29, 1.82) is 0 Å². The van der Waals surface area contributed by atoms with Crippen LogP contribution in [0.2, 0.25) is 0 Å². The van der Waals surface area contributed by atoms with Crippen LogP contribution in [0.3, 0.4) is 0 Å². The molecule has 1 amide bonds. The van der Waals surface area contributed by atoms with Crippen molar-refractivity contribution in [3.63, 3.8) is 0 Å². The molecule has 110 valence electrons. The molecule has 20 heavy (non-hydrogen) atoms. The minimum atomic E-state index is 0.0895. The number of carbonyl (C=O) groups excluding carboxylic acids is 1. The monoisotopic (exact) mass is 276 g/mol. The molecule has 1 aromatic rings. The van der Waals surface area contributed by atoms with Crippen LogP contribution in [-0.2, 0) is 11.2 Å². The number of carbonyl (C=O) groups is 1. The van der Waals surface area contributed by atoms with Gasteiger partial charge in [-0.15, -0.1) is 0 Å². The van der Waals surface area contributed by atoms with Crippen molar-refractivity contribution < 1.29 is 9.53 Å². The number of hydrogen-bond donors (Lipinski definition) is 0. The first-order valence-electron chi connectivity index (χ1n) is 7.45. The molecule has 0 N–H and O–H groups in total. The lowest BCUT2D eigenvalue weighted by Crippen LogP contribution is -2.49. The molecule has 0 bridgehead atoms. The second-order valence-corrected chi connectivity index (χ2v) is 5.06. The van der Waals surface area contributed by atoms with Crippen LogP contribution in [0.5, 0.6) is 5.75 Å². The highest BCUT2D eigenvalue weighted by molar-refractivity contribution is 5.78. The van der Waals surface area contributed by atoms with E-state index < -0.39 is 0 Å². The maximum atomic E-state index is 12.1. The van der Waals surface area contributed by atoms with Crippen LogP contribution in [0, 0.1) is 0 Å². The molecule has 1 saturated heterocycles. The highest BCUT2D eigenvalue weighted by Crippen LogP contribution is 2.18. The fourth-order valence-electron chi connectivity index (χ4n) is 2.48. The summed E-state index contributed by atoms with van der Waals surface area (Å²) in [6.07, 6.45) is 0.916. The third kappa shape index (κ3) is 3.73. The van der Waals surface area contributed by atoms with Gasteiger partial charge < -0.3 is 14.5 Å². The minimum Gasteiger partial charge on any atom is -0.483 e. The highest BCUT2D eigenvalue weighted by Gasteiger charge is 2.20. The molecule has 1 aliphatic rings. The van der Waals surface area contributed by atoms with Crippen LogP contribution in [0.25, 0.3) is 0 Å². The number of amides is 1. The van der Waals surface area contributed by atoms with Gasteiger partial charge in [-0.25, -0.2) is 0 Å². The summed E-state index contributed by atoms with van der Waals surface area (Å²) in [5, 5.41) is 0. The number of benzene rings is 1. The van der Waals surface area contributed by atoms with Crippen LogP contribution in [0.1, 0.15) is 19.4 Å². The van der Waals surface area contributed by atoms with Gasteiger partial charge in [-0.05, 0) is 24.6 Å². The van der Waals surface area contributed by atoms with Crippen molar-refractivity contribution in [2.75, 3.05) is 39.3 Å². The summed E-state index contributed by atoms with van der Waals surface area (Å²) in [6, 6.07) is 7.91. The molecule has 0 radical (unpaired) electrons. The topological polar surface area (TPSA) is 32.8 Å². The first-order valence-corrected chi connectivity index (χ1v) is 7.45. The third-order valence-electron chi connectivity index (χ3n) is 3.88. The fraction of sp³-hybridized carbons (Fsp3) is 0.562. The van der Waals surface area contributed by atoms with E-state index in [1.807, 2.05) is 29.2 Å². The Morgan fingerprint density at radius 2 is 1.85 bits per heavy atom. The molecule has 1 fully saturated rings. The molecule has 1 heterocycles. The summed E-state index contributed by atoms with van der Waals surface area (Å²) in [7, 11) is 0. The lowest BCUT2D eigenvalue weighted by Gasteiger charge is -2.34. The number of nitrogens with zero attached hydrogens (tertiary/aromatic N) is 2. The first-order chi connectivity index (χ1) is 9.74. The quantitative estimate of drug-likeness (QED) is 0.822. The van der Waals surface area contributed by atoms with Crippen molar-refractivity contribution in [2.45, 2.75) is 20.3 Å². The SMILES string of the molecule is CCc1ccccc1OCC(=O)N1CCN(CC)CC1. The number of hydrogen-bond acceptors (Lipinski definition) is 3. The minimum absolute atomic E-state index is 0.0895. The number of piperazine rings is 1. The molecule has 0 aromatic heterocycles. The normalized spacial score (nSPS) is 16.2. The second kappa shape index (κ2) is 7.29. The summed E-state index contributed by atoms with van der Waals surface area (Å²) < 4.78 is 5.69. The van der Waals surface area contributed by atoms with E-state index in [1.54, 1.807) is 0 Å². The van der Waals surface area contributed by atoms with E-state index in [4.69, 9.17) is 4.74 Å². The van der Waals surface area contributed by atoms with Crippen LogP contribution < -0.4 is 4.74 Å². The van der Waals surface area contributed by atoms with Gasteiger partial charge in [0.25, 0.3) is 5.91 Å². The lowest BCUT2D eigenvalue weighted by molar-refractivity contribution is -0.135. The van der Waals surface area contributed by atoms with Gasteiger partial charge in [-0.3, -0.25) is 4.79 Å². The Bertz CT molecular complexity index is 440. The van der Waals surface area contributed by atoms with Gasteiger partial charge in [0.2, 0.25) is 0 Å². The first kappa shape index (κ1) is 14.9. The van der Waals surface area contributed by atoms with Gasteiger partial charge in [0.1, 0.15) is 5.75 Å². The Labute approximate surface area is 121 Å². The molecule has 2 rings (SSSR count). The summed E-state index contributed by atoms with van der Waals surface area (Å²) >= 11 is 0. The number of para-hydroxylation sites is 1. The van der Waals surface area contributed by atoms with E-state index in [-0.39, 0.29) is 12.5 Å². The Hall–Kier alpha value is -1.55. The van der Waals surface area contributed by atoms with E-state index in [2.05, 4.69) is 18.7 Å². The number of likely N-dealkylation sites (N-methyl/N-ethyl adjacent to an activating group) is 1. The van der Waals surface area contributed by atoms with Crippen molar-refractivity contribution >= 4 is 5.91 Å². The molecule has 0 saturated carbocycles. The molecular weight excluding hydrogens is 252 g/mol. The third-order valence-corrected chi connectivity index (χ3v) is 3.88. The van der Waals surface area contributed by atoms with Crippen molar-refractivity contribution in [3.8, 4) is 5.75 Å². The summed E-state index contributed by atoms with van der Waals surface area (Å²) in [5.74, 6) is 0.919. The molecule has 0 atom stereocenters. The van der Waals surface area contributed by atoms with Gasteiger partial charge in [0, 0.05) is 26.2 Å². The highest BCUT2D eigenvalue weighted by atomic mass is 16.5. The number of ether oxygens (including phenoxy) is 1. The Balaban J connectivity index is 1.83. The molecule has 0 unspecified atom stereocenters. The lowest BCUT2D eigenvalue weighted by atomic mass is 10.1. The van der Waals surface area contributed by atoms with Gasteiger partial charge in [-0.1, -0.05) is 32.0 Å². The standard InChI is InChI=1S/C16H24N2O2/c1-3-14-7-5-6-8-15(14)20-13-16(19)18-11-9-17(4-2)10-12-18/h5-8H,3-4,9-13H2,1-2H3. The zero-order valence-electron chi connectivity index (χ0n) is 12.5.